The van der Waals surface area contributed by atoms with Crippen molar-refractivity contribution in [1.29, 1.82) is 0 Å². The highest BCUT2D eigenvalue weighted by atomic mass is 16.6. The van der Waals surface area contributed by atoms with Gasteiger partial charge in [-0.3, -0.25) is 14.8 Å². The molecule has 1 N–H and O–H groups in total. The molecule has 7 nitrogen and oxygen atoms in total. The summed E-state index contributed by atoms with van der Waals surface area (Å²) in [5.74, 6) is 0.459. The molecule has 7 heteroatoms. The molecule has 0 saturated heterocycles. The number of aromatic nitrogens is 2. The van der Waals surface area contributed by atoms with Gasteiger partial charge in [0.25, 0.3) is 5.69 Å². The van der Waals surface area contributed by atoms with Crippen LogP contribution < -0.4 is 10.1 Å². The van der Waals surface area contributed by atoms with Crippen molar-refractivity contribution in [3.63, 3.8) is 0 Å². The first-order valence-corrected chi connectivity index (χ1v) is 6.22. The minimum absolute atomic E-state index is 0.00749. The average Bonchev–Trinajstić information content (AvgIpc) is 2.92. The van der Waals surface area contributed by atoms with Crippen LogP contribution in [0.5, 0.6) is 5.75 Å². The van der Waals surface area contributed by atoms with Gasteiger partial charge in [-0.15, -0.1) is 0 Å². The SMILES string of the molecule is CCn1nccc1CNc1ccc(OC)cc1[N+](=O)[O-]. The first-order chi connectivity index (χ1) is 9.65. The van der Waals surface area contributed by atoms with Crippen LogP contribution in [0.25, 0.3) is 0 Å². The van der Waals surface area contributed by atoms with Gasteiger partial charge >= 0.3 is 0 Å². The van der Waals surface area contributed by atoms with E-state index in [9.17, 15) is 10.1 Å². The summed E-state index contributed by atoms with van der Waals surface area (Å²) in [6, 6.07) is 6.61. The van der Waals surface area contributed by atoms with Gasteiger partial charge in [-0.1, -0.05) is 0 Å². The van der Waals surface area contributed by atoms with E-state index in [0.29, 0.717) is 18.0 Å². The van der Waals surface area contributed by atoms with Gasteiger partial charge in [0.15, 0.2) is 0 Å². The standard InChI is InChI=1S/C13H16N4O3/c1-3-16-10(6-7-15-16)9-14-12-5-4-11(20-2)8-13(12)17(18)19/h4-8,14H,3,9H2,1-2H3. The zero-order chi connectivity index (χ0) is 14.5. The second kappa shape index (κ2) is 6.05. The van der Waals surface area contributed by atoms with Crippen molar-refractivity contribution in [3.05, 3.63) is 46.3 Å². The second-order valence-corrected chi connectivity index (χ2v) is 4.13. The molecule has 0 aliphatic heterocycles. The fourth-order valence-corrected chi connectivity index (χ4v) is 1.92. The van der Waals surface area contributed by atoms with E-state index < -0.39 is 4.92 Å². The molecule has 1 heterocycles. The molecule has 0 unspecified atom stereocenters. The van der Waals surface area contributed by atoms with E-state index in [1.54, 1.807) is 18.3 Å². The van der Waals surface area contributed by atoms with Crippen LogP contribution in [0.3, 0.4) is 0 Å². The molecule has 1 aromatic heterocycles. The molecular formula is C13H16N4O3. The van der Waals surface area contributed by atoms with E-state index in [2.05, 4.69) is 10.4 Å². The molecule has 0 amide bonds. The molecule has 0 atom stereocenters. The minimum atomic E-state index is -0.429. The highest BCUT2D eigenvalue weighted by molar-refractivity contribution is 5.63. The van der Waals surface area contributed by atoms with E-state index in [0.717, 1.165) is 12.2 Å². The van der Waals surface area contributed by atoms with Crippen LogP contribution in [0.2, 0.25) is 0 Å². The molecule has 2 rings (SSSR count). The zero-order valence-corrected chi connectivity index (χ0v) is 11.4. The molecule has 0 radical (unpaired) electrons. The Hall–Kier alpha value is -2.57. The molecule has 20 heavy (non-hydrogen) atoms. The van der Waals surface area contributed by atoms with Crippen molar-refractivity contribution < 1.29 is 9.66 Å². The van der Waals surface area contributed by atoms with Gasteiger partial charge in [0.1, 0.15) is 11.4 Å². The number of hydrogen-bond acceptors (Lipinski definition) is 5. The number of ether oxygens (including phenoxy) is 1. The summed E-state index contributed by atoms with van der Waals surface area (Å²) in [4.78, 5) is 10.6. The Morgan fingerprint density at radius 1 is 1.45 bits per heavy atom. The van der Waals surface area contributed by atoms with Crippen LogP contribution in [0.1, 0.15) is 12.6 Å². The largest absolute Gasteiger partial charge is 0.496 e. The quantitative estimate of drug-likeness (QED) is 0.647. The van der Waals surface area contributed by atoms with Crippen molar-refractivity contribution in [2.75, 3.05) is 12.4 Å². The summed E-state index contributed by atoms with van der Waals surface area (Å²) < 4.78 is 6.84. The van der Waals surface area contributed by atoms with Gasteiger partial charge in [-0.2, -0.15) is 5.10 Å². The summed E-state index contributed by atoms with van der Waals surface area (Å²) in [6.07, 6.45) is 1.71. The molecule has 0 aliphatic carbocycles. The number of rotatable bonds is 6. The molecule has 0 spiro atoms. The first-order valence-electron chi connectivity index (χ1n) is 6.22. The number of benzene rings is 1. The lowest BCUT2D eigenvalue weighted by molar-refractivity contribution is -0.384. The number of hydrogen-bond donors (Lipinski definition) is 1. The fraction of sp³-hybridized carbons (Fsp3) is 0.308. The predicted octanol–water partition coefficient (Wildman–Crippen LogP) is 2.43. The normalized spacial score (nSPS) is 10.3. The lowest BCUT2D eigenvalue weighted by atomic mass is 10.2. The van der Waals surface area contributed by atoms with Crippen LogP contribution in [0, 0.1) is 10.1 Å². The Morgan fingerprint density at radius 2 is 2.25 bits per heavy atom. The maximum absolute atomic E-state index is 11.1. The third kappa shape index (κ3) is 2.87. The van der Waals surface area contributed by atoms with Gasteiger partial charge in [0, 0.05) is 12.7 Å². The van der Waals surface area contributed by atoms with Gasteiger partial charge in [0.2, 0.25) is 0 Å². The lowest BCUT2D eigenvalue weighted by Crippen LogP contribution is -2.08. The van der Waals surface area contributed by atoms with Crippen molar-refractivity contribution in [2.45, 2.75) is 20.0 Å². The molecule has 1 aromatic carbocycles. The van der Waals surface area contributed by atoms with Gasteiger partial charge in [-0.25, -0.2) is 0 Å². The van der Waals surface area contributed by atoms with E-state index in [1.165, 1.54) is 13.2 Å². The smallest absolute Gasteiger partial charge is 0.296 e. The molecular weight excluding hydrogens is 260 g/mol. The Kier molecular flexibility index (Phi) is 4.19. The van der Waals surface area contributed by atoms with Crippen LogP contribution in [-0.2, 0) is 13.1 Å². The van der Waals surface area contributed by atoms with Crippen LogP contribution in [0.15, 0.2) is 30.5 Å². The third-order valence-electron chi connectivity index (χ3n) is 2.97. The Labute approximate surface area is 116 Å². The number of nitro benzene ring substituents is 1. The van der Waals surface area contributed by atoms with Crippen LogP contribution >= 0.6 is 0 Å². The maximum atomic E-state index is 11.1. The van der Waals surface area contributed by atoms with E-state index in [-0.39, 0.29) is 5.69 Å². The van der Waals surface area contributed by atoms with Crippen LogP contribution in [0.4, 0.5) is 11.4 Å². The van der Waals surface area contributed by atoms with Gasteiger partial charge in [-0.05, 0) is 25.1 Å². The predicted molar refractivity (Wildman–Crippen MR) is 74.9 cm³/mol. The minimum Gasteiger partial charge on any atom is -0.496 e. The van der Waals surface area contributed by atoms with E-state index >= 15 is 0 Å². The molecule has 2 aromatic rings. The average molecular weight is 276 g/mol. The summed E-state index contributed by atoms with van der Waals surface area (Å²) in [5, 5.41) is 18.3. The molecule has 0 bridgehead atoms. The fourth-order valence-electron chi connectivity index (χ4n) is 1.92. The summed E-state index contributed by atoms with van der Waals surface area (Å²) in [6.45, 7) is 3.22. The Morgan fingerprint density at radius 3 is 2.90 bits per heavy atom. The highest BCUT2D eigenvalue weighted by Crippen LogP contribution is 2.29. The van der Waals surface area contributed by atoms with Crippen LogP contribution in [-0.4, -0.2) is 21.8 Å². The number of aryl methyl sites for hydroxylation is 1. The summed E-state index contributed by atoms with van der Waals surface area (Å²) >= 11 is 0. The summed E-state index contributed by atoms with van der Waals surface area (Å²) in [5.41, 5.74) is 1.42. The van der Waals surface area contributed by atoms with Gasteiger partial charge in [0.05, 0.1) is 30.3 Å². The summed E-state index contributed by atoms with van der Waals surface area (Å²) in [7, 11) is 1.48. The number of nitrogens with zero attached hydrogens (tertiary/aromatic N) is 3. The van der Waals surface area contributed by atoms with Crippen molar-refractivity contribution in [1.82, 2.24) is 9.78 Å². The monoisotopic (exact) mass is 276 g/mol. The number of nitrogens with one attached hydrogen (secondary N) is 1. The zero-order valence-electron chi connectivity index (χ0n) is 11.4. The molecule has 0 aliphatic rings. The van der Waals surface area contributed by atoms with Gasteiger partial charge < -0.3 is 10.1 Å². The van der Waals surface area contributed by atoms with Crippen molar-refractivity contribution in [3.8, 4) is 5.75 Å². The number of methoxy groups -OCH3 is 1. The van der Waals surface area contributed by atoms with E-state index in [4.69, 9.17) is 4.74 Å². The highest BCUT2D eigenvalue weighted by Gasteiger charge is 2.15. The van der Waals surface area contributed by atoms with E-state index in [1.807, 2.05) is 17.7 Å². The number of anilines is 1. The molecule has 106 valence electrons. The topological polar surface area (TPSA) is 82.2 Å². The molecule has 0 fully saturated rings. The molecule has 0 saturated carbocycles. The Balaban J connectivity index is 2.19. The second-order valence-electron chi connectivity index (χ2n) is 4.13. The third-order valence-corrected chi connectivity index (χ3v) is 2.97. The van der Waals surface area contributed by atoms with Crippen molar-refractivity contribution in [2.24, 2.45) is 0 Å². The maximum Gasteiger partial charge on any atom is 0.296 e. The first kappa shape index (κ1) is 13.9. The van der Waals surface area contributed by atoms with Crippen molar-refractivity contribution >= 4 is 11.4 Å². The Bertz CT molecular complexity index is 609. The number of nitro groups is 1. The lowest BCUT2D eigenvalue weighted by Gasteiger charge is -2.09.